The van der Waals surface area contributed by atoms with Gasteiger partial charge in [-0.1, -0.05) is 54.6 Å². The molecule has 0 aromatic heterocycles. The van der Waals surface area contributed by atoms with Gasteiger partial charge in [0.1, 0.15) is 0 Å². The predicted molar refractivity (Wildman–Crippen MR) is 80.9 cm³/mol. The van der Waals surface area contributed by atoms with Gasteiger partial charge in [-0.25, -0.2) is 0 Å². The predicted octanol–water partition coefficient (Wildman–Crippen LogP) is 3.42. The van der Waals surface area contributed by atoms with Gasteiger partial charge in [0.2, 0.25) is 5.91 Å². The zero-order chi connectivity index (χ0) is 13.9. The molecule has 0 spiro atoms. The van der Waals surface area contributed by atoms with Gasteiger partial charge in [0, 0.05) is 6.54 Å². The van der Waals surface area contributed by atoms with Gasteiger partial charge in [-0.3, -0.25) is 4.79 Å². The Morgan fingerprint density at radius 3 is 2.60 bits per heavy atom. The summed E-state index contributed by atoms with van der Waals surface area (Å²) in [7, 11) is 0. The number of fused-ring (bicyclic) bond motifs is 1. The van der Waals surface area contributed by atoms with Crippen molar-refractivity contribution in [1.29, 1.82) is 0 Å². The molecule has 1 aliphatic carbocycles. The summed E-state index contributed by atoms with van der Waals surface area (Å²) in [5, 5.41) is 2.77. The molecule has 0 radical (unpaired) electrons. The molecule has 0 heterocycles. The van der Waals surface area contributed by atoms with Gasteiger partial charge in [0.05, 0.1) is 11.3 Å². The molecule has 1 aliphatic rings. The normalized spacial score (nSPS) is 17.8. The number of rotatable bonds is 4. The van der Waals surface area contributed by atoms with Crippen molar-refractivity contribution in [3.63, 3.8) is 0 Å². The summed E-state index contributed by atoms with van der Waals surface area (Å²) in [5.74, 6) is 0.0659. The van der Waals surface area contributed by atoms with Gasteiger partial charge >= 0.3 is 0 Å². The smallest absolute Gasteiger partial charge is 0.227 e. The molecule has 3 rings (SSSR count). The topological polar surface area (TPSA) is 29.1 Å². The second-order valence-electron chi connectivity index (χ2n) is 5.08. The van der Waals surface area contributed by atoms with Crippen LogP contribution in [-0.4, -0.2) is 12.5 Å². The third-order valence-corrected chi connectivity index (χ3v) is 4.19. The van der Waals surface area contributed by atoms with Crippen LogP contribution >= 0.6 is 11.6 Å². The van der Waals surface area contributed by atoms with Crippen LogP contribution < -0.4 is 5.32 Å². The zero-order valence-corrected chi connectivity index (χ0v) is 11.8. The van der Waals surface area contributed by atoms with E-state index in [0.717, 1.165) is 17.5 Å². The van der Waals surface area contributed by atoms with E-state index < -0.39 is 0 Å². The van der Waals surface area contributed by atoms with Crippen molar-refractivity contribution in [3.8, 4) is 0 Å². The highest BCUT2D eigenvalue weighted by molar-refractivity contribution is 6.21. The number of carbonyl (C=O) groups is 1. The first-order valence-electron chi connectivity index (χ1n) is 6.80. The first-order chi connectivity index (χ1) is 9.75. The van der Waals surface area contributed by atoms with Crippen LogP contribution in [0.4, 0.5) is 0 Å². The molecule has 0 saturated carbocycles. The summed E-state index contributed by atoms with van der Waals surface area (Å²) in [5.41, 5.74) is 3.46. The second-order valence-corrected chi connectivity index (χ2v) is 5.61. The molecule has 0 saturated heterocycles. The summed E-state index contributed by atoms with van der Waals surface area (Å²) in [4.78, 5) is 12.2. The maximum absolute atomic E-state index is 12.2. The van der Waals surface area contributed by atoms with Crippen molar-refractivity contribution in [2.75, 3.05) is 6.54 Å². The quantitative estimate of drug-likeness (QED) is 0.857. The van der Waals surface area contributed by atoms with Crippen molar-refractivity contribution in [2.24, 2.45) is 0 Å². The molecule has 2 aromatic rings. The summed E-state index contributed by atoms with van der Waals surface area (Å²) in [6, 6.07) is 17.9. The van der Waals surface area contributed by atoms with Crippen LogP contribution in [0.15, 0.2) is 54.6 Å². The first-order valence-corrected chi connectivity index (χ1v) is 7.24. The van der Waals surface area contributed by atoms with Gasteiger partial charge in [0.25, 0.3) is 0 Å². The van der Waals surface area contributed by atoms with Crippen molar-refractivity contribution < 1.29 is 4.79 Å². The van der Waals surface area contributed by atoms with Crippen LogP contribution in [0.3, 0.4) is 0 Å². The molecule has 0 bridgehead atoms. The monoisotopic (exact) mass is 285 g/mol. The number of halogens is 1. The van der Waals surface area contributed by atoms with Crippen LogP contribution in [0.25, 0.3) is 0 Å². The van der Waals surface area contributed by atoms with Gasteiger partial charge < -0.3 is 5.32 Å². The highest BCUT2D eigenvalue weighted by Gasteiger charge is 2.31. The fourth-order valence-corrected chi connectivity index (χ4v) is 2.81. The maximum atomic E-state index is 12.2. The van der Waals surface area contributed by atoms with Crippen LogP contribution in [0.1, 0.15) is 28.0 Å². The lowest BCUT2D eigenvalue weighted by atomic mass is 9.77. The van der Waals surface area contributed by atoms with Gasteiger partial charge in [-0.05, 0) is 23.1 Å². The molecule has 2 nitrogen and oxygen atoms in total. The van der Waals surface area contributed by atoms with E-state index in [1.54, 1.807) is 0 Å². The molecule has 2 atom stereocenters. The lowest BCUT2D eigenvalue weighted by Gasteiger charge is -2.29. The SMILES string of the molecule is O=C(NCC(Cl)c1ccccc1)C1Cc2ccccc21. The van der Waals surface area contributed by atoms with Crippen molar-refractivity contribution >= 4 is 17.5 Å². The number of hydrogen-bond donors (Lipinski definition) is 1. The average molecular weight is 286 g/mol. The van der Waals surface area contributed by atoms with Crippen LogP contribution in [0.5, 0.6) is 0 Å². The molecule has 2 aromatic carbocycles. The third kappa shape index (κ3) is 2.56. The molecular weight excluding hydrogens is 270 g/mol. The lowest BCUT2D eigenvalue weighted by Crippen LogP contribution is -2.36. The number of carbonyl (C=O) groups excluding carboxylic acids is 1. The molecule has 1 amide bonds. The average Bonchev–Trinajstić information content (AvgIpc) is 2.47. The van der Waals surface area contributed by atoms with E-state index in [2.05, 4.69) is 11.4 Å². The number of hydrogen-bond acceptors (Lipinski definition) is 1. The fourth-order valence-electron chi connectivity index (χ4n) is 2.59. The minimum atomic E-state index is -0.185. The van der Waals surface area contributed by atoms with E-state index in [-0.39, 0.29) is 17.2 Å². The molecule has 0 fully saturated rings. The molecule has 1 N–H and O–H groups in total. The zero-order valence-electron chi connectivity index (χ0n) is 11.1. The highest BCUT2D eigenvalue weighted by Crippen LogP contribution is 2.34. The lowest BCUT2D eigenvalue weighted by molar-refractivity contribution is -0.123. The van der Waals surface area contributed by atoms with Gasteiger partial charge in [-0.2, -0.15) is 0 Å². The molecule has 102 valence electrons. The van der Waals surface area contributed by atoms with Crippen molar-refractivity contribution in [3.05, 3.63) is 71.3 Å². The Labute approximate surface area is 123 Å². The maximum Gasteiger partial charge on any atom is 0.227 e. The van der Waals surface area contributed by atoms with Crippen LogP contribution in [0, 0.1) is 0 Å². The van der Waals surface area contributed by atoms with Gasteiger partial charge in [-0.15, -0.1) is 11.6 Å². The van der Waals surface area contributed by atoms with E-state index in [0.29, 0.717) is 6.54 Å². The van der Waals surface area contributed by atoms with Gasteiger partial charge in [0.15, 0.2) is 0 Å². The second kappa shape index (κ2) is 5.68. The Kier molecular flexibility index (Phi) is 3.75. The largest absolute Gasteiger partial charge is 0.354 e. The van der Waals surface area contributed by atoms with E-state index in [1.807, 2.05) is 48.5 Å². The third-order valence-electron chi connectivity index (χ3n) is 3.79. The van der Waals surface area contributed by atoms with E-state index >= 15 is 0 Å². The Morgan fingerprint density at radius 2 is 1.85 bits per heavy atom. The number of benzene rings is 2. The van der Waals surface area contributed by atoms with E-state index in [4.69, 9.17) is 11.6 Å². The van der Waals surface area contributed by atoms with Crippen LogP contribution in [-0.2, 0) is 11.2 Å². The Balaban J connectivity index is 1.56. The van der Waals surface area contributed by atoms with E-state index in [9.17, 15) is 4.79 Å². The summed E-state index contributed by atoms with van der Waals surface area (Å²) in [6.07, 6.45) is 0.834. The molecule has 2 unspecified atom stereocenters. The molecular formula is C17H16ClNO. The number of amides is 1. The van der Waals surface area contributed by atoms with Crippen molar-refractivity contribution in [2.45, 2.75) is 17.7 Å². The fraction of sp³-hybridized carbons (Fsp3) is 0.235. The summed E-state index contributed by atoms with van der Waals surface area (Å²) >= 11 is 6.30. The Morgan fingerprint density at radius 1 is 1.15 bits per heavy atom. The molecule has 20 heavy (non-hydrogen) atoms. The minimum Gasteiger partial charge on any atom is -0.354 e. The Hall–Kier alpha value is -1.80. The standard InChI is InChI=1S/C17H16ClNO/c18-16(12-6-2-1-3-7-12)11-19-17(20)15-10-13-8-4-5-9-14(13)15/h1-9,15-16H,10-11H2,(H,19,20). The van der Waals surface area contributed by atoms with Crippen LogP contribution in [0.2, 0.25) is 0 Å². The van der Waals surface area contributed by atoms with E-state index in [1.165, 1.54) is 5.56 Å². The molecule has 0 aliphatic heterocycles. The Bertz CT molecular complexity index is 611. The van der Waals surface area contributed by atoms with Crippen molar-refractivity contribution in [1.82, 2.24) is 5.32 Å². The summed E-state index contributed by atoms with van der Waals surface area (Å²) in [6.45, 7) is 0.461. The first kappa shape index (κ1) is 13.2. The number of nitrogens with one attached hydrogen (secondary N) is 1. The minimum absolute atomic E-state index is 0.00848. The summed E-state index contributed by atoms with van der Waals surface area (Å²) < 4.78 is 0. The molecule has 3 heteroatoms. The highest BCUT2D eigenvalue weighted by atomic mass is 35.5. The number of alkyl halides is 1.